The van der Waals surface area contributed by atoms with Gasteiger partial charge in [-0.2, -0.15) is 0 Å². The zero-order valence-electron chi connectivity index (χ0n) is 34.7. The van der Waals surface area contributed by atoms with Gasteiger partial charge in [-0.3, -0.25) is 0 Å². The molecule has 3 heterocycles. The predicted molar refractivity (Wildman–Crippen MR) is 270 cm³/mol. The first-order valence-corrected chi connectivity index (χ1v) is 21.8. The maximum Gasteiger partial charge on any atom is 0.0978 e. The minimum Gasteiger partial charge on any atom is -0.248 e. The van der Waals surface area contributed by atoms with Crippen molar-refractivity contribution >= 4 is 75.8 Å². The molecule has 296 valence electrons. The highest BCUT2D eigenvalue weighted by Crippen LogP contribution is 2.45. The monoisotopic (exact) mass is 811 g/mol. The number of para-hydroxylation sites is 1. The molecule has 0 atom stereocenters. The lowest BCUT2D eigenvalue weighted by Gasteiger charge is -2.19. The first-order chi connectivity index (χ1) is 31.7. The lowest BCUT2D eigenvalue weighted by molar-refractivity contribution is 1.33. The molecule has 0 unspecified atom stereocenters. The van der Waals surface area contributed by atoms with Gasteiger partial charge in [-0.1, -0.05) is 188 Å². The minimum atomic E-state index is 0.889. The van der Waals surface area contributed by atoms with Gasteiger partial charge in [0, 0.05) is 38.4 Å². The van der Waals surface area contributed by atoms with E-state index in [2.05, 4.69) is 224 Å². The fourth-order valence-electron chi connectivity index (χ4n) is 9.96. The van der Waals surface area contributed by atoms with Crippen LogP contribution >= 0.6 is 0 Å². The highest BCUT2D eigenvalue weighted by molar-refractivity contribution is 6.22. The molecule has 0 aliphatic rings. The number of hydrogen-bond donors (Lipinski definition) is 0. The Hall–Kier alpha value is -8.53. The lowest BCUT2D eigenvalue weighted by Crippen LogP contribution is -1.97. The molecule has 0 saturated heterocycles. The van der Waals surface area contributed by atoms with E-state index in [4.69, 9.17) is 15.0 Å². The van der Waals surface area contributed by atoms with Crippen LogP contribution in [0, 0.1) is 0 Å². The molecule has 0 aliphatic heterocycles. The summed E-state index contributed by atoms with van der Waals surface area (Å²) in [5.74, 6) is 0. The summed E-state index contributed by atoms with van der Waals surface area (Å²) >= 11 is 0. The van der Waals surface area contributed by atoms with Crippen molar-refractivity contribution in [1.29, 1.82) is 0 Å². The topological polar surface area (TPSA) is 38.7 Å². The third-order valence-electron chi connectivity index (χ3n) is 13.0. The molecule has 13 rings (SSSR count). The van der Waals surface area contributed by atoms with Gasteiger partial charge in [-0.25, -0.2) is 15.0 Å². The molecule has 0 N–H and O–H groups in total. The number of nitrogens with zero attached hydrogens (tertiary/aromatic N) is 3. The van der Waals surface area contributed by atoms with Gasteiger partial charge in [0.05, 0.1) is 33.6 Å². The summed E-state index contributed by atoms with van der Waals surface area (Å²) in [6.45, 7) is 0. The van der Waals surface area contributed by atoms with Gasteiger partial charge in [0.15, 0.2) is 0 Å². The van der Waals surface area contributed by atoms with Crippen LogP contribution in [-0.2, 0) is 0 Å². The molecule has 0 bridgehead atoms. The molecule has 3 nitrogen and oxygen atoms in total. The van der Waals surface area contributed by atoms with Crippen LogP contribution in [0.1, 0.15) is 0 Å². The fraction of sp³-hybridized carbons (Fsp3) is 0. The number of hydrogen-bond acceptors (Lipinski definition) is 3. The van der Waals surface area contributed by atoms with Gasteiger partial charge in [0.2, 0.25) is 0 Å². The van der Waals surface area contributed by atoms with Gasteiger partial charge >= 0.3 is 0 Å². The standard InChI is InChI=1S/C61H37N3/c1-2-16-40(17-3-1)57-51-24-12-13-25-53(51)63-61-52(57)32-30-41-31-33-54(64-60(41)61)58-47-20-8-10-22-49(47)59(50-23-11-9-21-48(50)58)56-37-46(44-28-26-38-14-4-6-18-42(38)34-44)36-55(62-56)45-29-27-39-15-5-7-19-43(39)35-45/h1-37H. The summed E-state index contributed by atoms with van der Waals surface area (Å²) in [6.07, 6.45) is 0. The van der Waals surface area contributed by atoms with Gasteiger partial charge in [-0.15, -0.1) is 0 Å². The molecule has 13 aromatic rings. The number of fused-ring (bicyclic) bond motifs is 8. The smallest absolute Gasteiger partial charge is 0.0978 e. The summed E-state index contributed by atoms with van der Waals surface area (Å²) in [5.41, 5.74) is 13.4. The van der Waals surface area contributed by atoms with E-state index in [1.807, 2.05) is 0 Å². The Balaban J connectivity index is 1.07. The number of aromatic nitrogens is 3. The molecule has 3 heteroatoms. The summed E-state index contributed by atoms with van der Waals surface area (Å²) < 4.78 is 0. The van der Waals surface area contributed by atoms with E-state index in [1.165, 1.54) is 27.1 Å². The Morgan fingerprint density at radius 2 is 0.734 bits per heavy atom. The minimum absolute atomic E-state index is 0.889. The van der Waals surface area contributed by atoms with Crippen molar-refractivity contribution in [2.45, 2.75) is 0 Å². The number of rotatable bonds is 5. The van der Waals surface area contributed by atoms with E-state index < -0.39 is 0 Å². The molecular weight excluding hydrogens is 775 g/mol. The van der Waals surface area contributed by atoms with Crippen LogP contribution in [0.3, 0.4) is 0 Å². The normalized spacial score (nSPS) is 11.8. The average molecular weight is 812 g/mol. The Kier molecular flexibility index (Phi) is 8.22. The van der Waals surface area contributed by atoms with Gasteiger partial charge < -0.3 is 0 Å². The highest BCUT2D eigenvalue weighted by atomic mass is 14.8. The van der Waals surface area contributed by atoms with Gasteiger partial charge in [-0.05, 0) is 96.2 Å². The molecular formula is C61H37N3. The Bertz CT molecular complexity index is 3870. The molecule has 0 fully saturated rings. The lowest BCUT2D eigenvalue weighted by atomic mass is 9.87. The average Bonchev–Trinajstić information content (AvgIpc) is 3.36. The van der Waals surface area contributed by atoms with Crippen LogP contribution in [0.15, 0.2) is 224 Å². The Morgan fingerprint density at radius 3 is 1.42 bits per heavy atom. The van der Waals surface area contributed by atoms with Crippen LogP contribution in [0.5, 0.6) is 0 Å². The number of pyridine rings is 3. The molecule has 0 spiro atoms. The second-order valence-electron chi connectivity index (χ2n) is 16.7. The second-order valence-corrected chi connectivity index (χ2v) is 16.7. The zero-order chi connectivity index (χ0) is 42.1. The van der Waals surface area contributed by atoms with Crippen LogP contribution in [-0.4, -0.2) is 15.0 Å². The van der Waals surface area contributed by atoms with E-state index in [0.29, 0.717) is 0 Å². The molecule has 0 saturated carbocycles. The second kappa shape index (κ2) is 14.5. The zero-order valence-corrected chi connectivity index (χ0v) is 34.7. The molecule has 10 aromatic carbocycles. The van der Waals surface area contributed by atoms with E-state index in [-0.39, 0.29) is 0 Å². The molecule has 64 heavy (non-hydrogen) atoms. The van der Waals surface area contributed by atoms with Crippen molar-refractivity contribution in [2.75, 3.05) is 0 Å². The van der Waals surface area contributed by atoms with E-state index in [0.717, 1.165) is 105 Å². The first-order valence-electron chi connectivity index (χ1n) is 21.8. The molecule has 3 aromatic heterocycles. The van der Waals surface area contributed by atoms with Crippen LogP contribution in [0.2, 0.25) is 0 Å². The molecule has 0 aliphatic carbocycles. The van der Waals surface area contributed by atoms with Gasteiger partial charge in [0.1, 0.15) is 0 Å². The van der Waals surface area contributed by atoms with Crippen LogP contribution < -0.4 is 0 Å². The van der Waals surface area contributed by atoms with Crippen LogP contribution in [0.4, 0.5) is 0 Å². The summed E-state index contributed by atoms with van der Waals surface area (Å²) in [7, 11) is 0. The maximum atomic E-state index is 5.60. The first kappa shape index (κ1) is 36.2. The van der Waals surface area contributed by atoms with Crippen molar-refractivity contribution in [3.8, 4) is 56.0 Å². The Morgan fingerprint density at radius 1 is 0.219 bits per heavy atom. The summed E-state index contributed by atoms with van der Waals surface area (Å²) in [6, 6.07) is 80.5. The van der Waals surface area contributed by atoms with Crippen molar-refractivity contribution in [3.05, 3.63) is 224 Å². The third kappa shape index (κ3) is 5.86. The van der Waals surface area contributed by atoms with E-state index >= 15 is 0 Å². The summed E-state index contributed by atoms with van der Waals surface area (Å²) in [4.78, 5) is 16.5. The molecule has 0 amide bonds. The van der Waals surface area contributed by atoms with E-state index in [1.54, 1.807) is 0 Å². The highest BCUT2D eigenvalue weighted by Gasteiger charge is 2.21. The van der Waals surface area contributed by atoms with Crippen LogP contribution in [0.25, 0.3) is 132 Å². The fourth-order valence-corrected chi connectivity index (χ4v) is 9.96. The van der Waals surface area contributed by atoms with Crippen molar-refractivity contribution in [2.24, 2.45) is 0 Å². The SMILES string of the molecule is c1ccc(-c2c3ccccc3nc3c2ccc2ccc(-c4c5ccccc5c(-c5cc(-c6ccc7ccccc7c6)cc(-c6ccc7ccccc7c6)n5)c5ccccc45)nc23)cc1. The van der Waals surface area contributed by atoms with Crippen molar-refractivity contribution < 1.29 is 0 Å². The molecule has 0 radical (unpaired) electrons. The summed E-state index contributed by atoms with van der Waals surface area (Å²) in [5, 5.41) is 12.6. The largest absolute Gasteiger partial charge is 0.248 e. The van der Waals surface area contributed by atoms with E-state index in [9.17, 15) is 0 Å². The Labute approximate surface area is 369 Å². The van der Waals surface area contributed by atoms with Crippen molar-refractivity contribution in [1.82, 2.24) is 15.0 Å². The quantitative estimate of drug-likeness (QED) is 0.128. The number of benzene rings is 10. The maximum absolute atomic E-state index is 5.60. The van der Waals surface area contributed by atoms with Gasteiger partial charge in [0.25, 0.3) is 0 Å². The third-order valence-corrected chi connectivity index (χ3v) is 13.0. The van der Waals surface area contributed by atoms with Crippen molar-refractivity contribution in [3.63, 3.8) is 0 Å². The predicted octanol–water partition coefficient (Wildman–Crippen LogP) is 16.3.